The second-order valence-electron chi connectivity index (χ2n) is 5.77. The molecule has 0 atom stereocenters. The topological polar surface area (TPSA) is 56.1 Å². The summed E-state index contributed by atoms with van der Waals surface area (Å²) in [5, 5.41) is 7.15. The molecule has 124 valence electrons. The van der Waals surface area contributed by atoms with E-state index in [0.29, 0.717) is 37.9 Å². The van der Waals surface area contributed by atoms with E-state index >= 15 is 0 Å². The SMILES string of the molecule is CC(C)COCCC(=O)Nc1ccnn1Cc1ccc(Br)cc1. The lowest BCUT2D eigenvalue weighted by molar-refractivity contribution is -0.117. The van der Waals surface area contributed by atoms with Crippen LogP contribution in [0.5, 0.6) is 0 Å². The van der Waals surface area contributed by atoms with Crippen LogP contribution in [-0.4, -0.2) is 28.9 Å². The number of aromatic nitrogens is 2. The Hall–Kier alpha value is -1.66. The highest BCUT2D eigenvalue weighted by molar-refractivity contribution is 9.10. The molecule has 0 spiro atoms. The summed E-state index contributed by atoms with van der Waals surface area (Å²) in [7, 11) is 0. The van der Waals surface area contributed by atoms with E-state index in [0.717, 1.165) is 10.0 Å². The van der Waals surface area contributed by atoms with Crippen molar-refractivity contribution in [3.05, 3.63) is 46.6 Å². The summed E-state index contributed by atoms with van der Waals surface area (Å²) in [6, 6.07) is 9.83. The summed E-state index contributed by atoms with van der Waals surface area (Å²) in [4.78, 5) is 12.0. The first-order valence-electron chi connectivity index (χ1n) is 7.68. The van der Waals surface area contributed by atoms with Gasteiger partial charge in [0.1, 0.15) is 5.82 Å². The van der Waals surface area contributed by atoms with Crippen LogP contribution in [-0.2, 0) is 16.1 Å². The molecule has 0 bridgehead atoms. The average molecular weight is 380 g/mol. The first-order valence-corrected chi connectivity index (χ1v) is 8.47. The zero-order valence-electron chi connectivity index (χ0n) is 13.5. The molecule has 2 rings (SSSR count). The van der Waals surface area contributed by atoms with Crippen LogP contribution < -0.4 is 5.32 Å². The van der Waals surface area contributed by atoms with Crippen molar-refractivity contribution < 1.29 is 9.53 Å². The fraction of sp³-hybridized carbons (Fsp3) is 0.412. The Balaban J connectivity index is 1.85. The predicted octanol–water partition coefficient (Wildman–Crippen LogP) is 3.70. The zero-order chi connectivity index (χ0) is 16.7. The summed E-state index contributed by atoms with van der Waals surface area (Å²) in [6.45, 7) is 5.89. The van der Waals surface area contributed by atoms with E-state index in [1.165, 1.54) is 0 Å². The highest BCUT2D eigenvalue weighted by atomic mass is 79.9. The average Bonchev–Trinajstić information content (AvgIpc) is 2.93. The minimum Gasteiger partial charge on any atom is -0.381 e. The summed E-state index contributed by atoms with van der Waals surface area (Å²) < 4.78 is 8.25. The molecule has 6 heteroatoms. The van der Waals surface area contributed by atoms with E-state index < -0.39 is 0 Å². The number of nitrogens with zero attached hydrogens (tertiary/aromatic N) is 2. The second-order valence-corrected chi connectivity index (χ2v) is 6.68. The molecule has 1 amide bonds. The van der Waals surface area contributed by atoms with Gasteiger partial charge in [0.2, 0.25) is 5.91 Å². The van der Waals surface area contributed by atoms with Gasteiger partial charge in [-0.2, -0.15) is 5.10 Å². The fourth-order valence-electron chi connectivity index (χ4n) is 2.02. The van der Waals surface area contributed by atoms with Gasteiger partial charge in [-0.05, 0) is 23.6 Å². The van der Waals surface area contributed by atoms with Crippen molar-refractivity contribution >= 4 is 27.7 Å². The number of hydrogen-bond donors (Lipinski definition) is 1. The first kappa shape index (κ1) is 17.7. The van der Waals surface area contributed by atoms with Gasteiger partial charge in [-0.15, -0.1) is 0 Å². The van der Waals surface area contributed by atoms with Crippen LogP contribution in [0.15, 0.2) is 41.0 Å². The largest absolute Gasteiger partial charge is 0.381 e. The van der Waals surface area contributed by atoms with Crippen molar-refractivity contribution in [1.82, 2.24) is 9.78 Å². The first-order chi connectivity index (χ1) is 11.0. The molecule has 0 aliphatic rings. The lowest BCUT2D eigenvalue weighted by Gasteiger charge is -2.10. The molecule has 1 aromatic heterocycles. The third kappa shape index (κ3) is 6.15. The van der Waals surface area contributed by atoms with Crippen LogP contribution in [0.1, 0.15) is 25.8 Å². The van der Waals surface area contributed by atoms with Crippen LogP contribution in [0.3, 0.4) is 0 Å². The summed E-state index contributed by atoms with van der Waals surface area (Å²) in [5.74, 6) is 1.11. The van der Waals surface area contributed by atoms with Crippen molar-refractivity contribution in [2.75, 3.05) is 18.5 Å². The van der Waals surface area contributed by atoms with Crippen molar-refractivity contribution in [3.8, 4) is 0 Å². The highest BCUT2D eigenvalue weighted by Crippen LogP contribution is 2.14. The van der Waals surface area contributed by atoms with Crippen LogP contribution in [0, 0.1) is 5.92 Å². The van der Waals surface area contributed by atoms with Crippen molar-refractivity contribution in [1.29, 1.82) is 0 Å². The summed E-state index contributed by atoms with van der Waals surface area (Å²) in [5.41, 5.74) is 1.12. The molecule has 0 aliphatic carbocycles. The summed E-state index contributed by atoms with van der Waals surface area (Å²) >= 11 is 3.42. The van der Waals surface area contributed by atoms with E-state index in [-0.39, 0.29) is 5.91 Å². The van der Waals surface area contributed by atoms with Crippen molar-refractivity contribution in [2.24, 2.45) is 5.92 Å². The number of benzene rings is 1. The maximum absolute atomic E-state index is 12.0. The number of amides is 1. The van der Waals surface area contributed by atoms with E-state index in [1.54, 1.807) is 16.9 Å². The highest BCUT2D eigenvalue weighted by Gasteiger charge is 2.08. The quantitative estimate of drug-likeness (QED) is 0.711. The minimum atomic E-state index is -0.0636. The number of carbonyl (C=O) groups excluding carboxylic acids is 1. The molecule has 0 radical (unpaired) electrons. The normalized spacial score (nSPS) is 11.0. The molecule has 0 saturated heterocycles. The zero-order valence-corrected chi connectivity index (χ0v) is 15.0. The molecule has 1 heterocycles. The summed E-state index contributed by atoms with van der Waals surface area (Å²) in [6.07, 6.45) is 2.03. The van der Waals surface area contributed by atoms with Gasteiger partial charge in [0.05, 0.1) is 25.8 Å². The van der Waals surface area contributed by atoms with Gasteiger partial charge in [0, 0.05) is 17.1 Å². The Kier molecular flexibility index (Phi) is 6.80. The Morgan fingerprint density at radius 3 is 2.74 bits per heavy atom. The lowest BCUT2D eigenvalue weighted by atomic mass is 10.2. The van der Waals surface area contributed by atoms with Crippen LogP contribution in [0.4, 0.5) is 5.82 Å². The number of carbonyl (C=O) groups is 1. The van der Waals surface area contributed by atoms with E-state index in [9.17, 15) is 4.79 Å². The second kappa shape index (κ2) is 8.84. The maximum atomic E-state index is 12.0. The fourth-order valence-corrected chi connectivity index (χ4v) is 2.28. The Labute approximate surface area is 145 Å². The van der Waals surface area contributed by atoms with Gasteiger partial charge < -0.3 is 10.1 Å². The van der Waals surface area contributed by atoms with Gasteiger partial charge in [-0.25, -0.2) is 4.68 Å². The number of ether oxygens (including phenoxy) is 1. The van der Waals surface area contributed by atoms with Crippen LogP contribution >= 0.6 is 15.9 Å². The molecule has 0 saturated carbocycles. The third-order valence-electron chi connectivity index (χ3n) is 3.15. The Bertz CT molecular complexity index is 623. The van der Waals surface area contributed by atoms with Gasteiger partial charge in [0.15, 0.2) is 0 Å². The van der Waals surface area contributed by atoms with Gasteiger partial charge in [0.25, 0.3) is 0 Å². The molecule has 5 nitrogen and oxygen atoms in total. The molecular weight excluding hydrogens is 358 g/mol. The standard InChI is InChI=1S/C17H22BrN3O2/c1-13(2)12-23-10-8-17(22)20-16-7-9-19-21(16)11-14-3-5-15(18)6-4-14/h3-7,9,13H,8,10-12H2,1-2H3,(H,20,22). The number of anilines is 1. The Morgan fingerprint density at radius 1 is 1.30 bits per heavy atom. The smallest absolute Gasteiger partial charge is 0.227 e. The number of hydrogen-bond acceptors (Lipinski definition) is 3. The third-order valence-corrected chi connectivity index (χ3v) is 3.68. The monoisotopic (exact) mass is 379 g/mol. The predicted molar refractivity (Wildman–Crippen MR) is 94.4 cm³/mol. The van der Waals surface area contributed by atoms with Gasteiger partial charge >= 0.3 is 0 Å². The number of nitrogens with one attached hydrogen (secondary N) is 1. The molecule has 0 unspecified atom stereocenters. The van der Waals surface area contributed by atoms with Crippen molar-refractivity contribution in [2.45, 2.75) is 26.8 Å². The molecule has 1 N–H and O–H groups in total. The number of halogens is 1. The number of rotatable bonds is 8. The van der Waals surface area contributed by atoms with E-state index in [1.807, 2.05) is 24.3 Å². The molecule has 23 heavy (non-hydrogen) atoms. The van der Waals surface area contributed by atoms with E-state index in [2.05, 4.69) is 40.2 Å². The van der Waals surface area contributed by atoms with E-state index in [4.69, 9.17) is 4.74 Å². The van der Waals surface area contributed by atoms with Gasteiger partial charge in [-0.1, -0.05) is 41.9 Å². The molecule has 0 fully saturated rings. The van der Waals surface area contributed by atoms with Crippen LogP contribution in [0.2, 0.25) is 0 Å². The molecule has 1 aromatic carbocycles. The van der Waals surface area contributed by atoms with Crippen molar-refractivity contribution in [3.63, 3.8) is 0 Å². The van der Waals surface area contributed by atoms with Gasteiger partial charge in [-0.3, -0.25) is 4.79 Å². The minimum absolute atomic E-state index is 0.0636. The Morgan fingerprint density at radius 2 is 2.04 bits per heavy atom. The van der Waals surface area contributed by atoms with Crippen LogP contribution in [0.25, 0.3) is 0 Å². The lowest BCUT2D eigenvalue weighted by Crippen LogP contribution is -2.18. The molecule has 0 aliphatic heterocycles. The maximum Gasteiger partial charge on any atom is 0.227 e. The molecule has 2 aromatic rings. The molecular formula is C17H22BrN3O2.